The molecule has 0 amide bonds. The molecule has 0 radical (unpaired) electrons. The predicted octanol–water partition coefficient (Wildman–Crippen LogP) is 3.71. The van der Waals surface area contributed by atoms with Crippen molar-refractivity contribution in [2.45, 2.75) is 45.3 Å². The standard InChI is InChI=1S/C24H19F5N3O2/c1-4-23(5-2)18(21-31-11-30-10-16(31)22(33)34-21)13-9-14(25)19(24(27,28)29)20(26)17(13)15-8-12(3)6-7-32(15)23/h6-11H,4-5H2,1-3H3/q+1/p+1. The Hall–Kier alpha value is -3.56. The van der Waals surface area contributed by atoms with Gasteiger partial charge in [-0.1, -0.05) is 13.8 Å². The van der Waals surface area contributed by atoms with Gasteiger partial charge in [0, 0.05) is 30.5 Å². The second-order valence-corrected chi connectivity index (χ2v) is 8.43. The number of hydrogen-bond donors (Lipinski definition) is 0. The Balaban J connectivity index is 2.10. The number of H-pyrrole nitrogens is 1. The van der Waals surface area contributed by atoms with Gasteiger partial charge in [-0.05, 0) is 18.6 Å². The van der Waals surface area contributed by atoms with Crippen molar-refractivity contribution in [3.05, 3.63) is 81.2 Å². The molecule has 10 heteroatoms. The fourth-order valence-electron chi connectivity index (χ4n) is 5.14. The summed E-state index contributed by atoms with van der Waals surface area (Å²) in [4.78, 5) is 15.3. The van der Waals surface area contributed by atoms with Gasteiger partial charge in [0.25, 0.3) is 5.52 Å². The maximum Gasteiger partial charge on any atom is 0.422 e. The molecule has 0 aliphatic carbocycles. The SMILES string of the molecule is CCC1(CC)C(=c2oc(=O)c3c[nH+]cn23)c2cc(F)c(C(F)(F)F)c(F)c2-c2cc(C)cc[n+]21. The molecule has 1 aliphatic heterocycles. The highest BCUT2D eigenvalue weighted by Gasteiger charge is 2.53. The number of aryl methyl sites for hydroxylation is 1. The van der Waals surface area contributed by atoms with Crippen LogP contribution >= 0.6 is 0 Å². The lowest BCUT2D eigenvalue weighted by atomic mass is 9.74. The van der Waals surface area contributed by atoms with Gasteiger partial charge < -0.3 is 4.42 Å². The number of nitrogens with one attached hydrogen (secondary N) is 1. The molecule has 5 nitrogen and oxygen atoms in total. The monoisotopic (exact) mass is 477 g/mol. The normalized spacial score (nSPS) is 16.6. The molecule has 1 N–H and O–H groups in total. The largest absolute Gasteiger partial charge is 0.422 e. The summed E-state index contributed by atoms with van der Waals surface area (Å²) >= 11 is 0. The molecule has 0 unspecified atom stereocenters. The summed E-state index contributed by atoms with van der Waals surface area (Å²) in [5.74, 6) is -3.43. The van der Waals surface area contributed by atoms with Gasteiger partial charge >= 0.3 is 17.3 Å². The maximum absolute atomic E-state index is 15.6. The van der Waals surface area contributed by atoms with Gasteiger partial charge in [0.1, 0.15) is 23.2 Å². The first-order valence-corrected chi connectivity index (χ1v) is 10.7. The third-order valence-electron chi connectivity index (χ3n) is 6.75. The fourth-order valence-corrected chi connectivity index (χ4v) is 5.14. The lowest BCUT2D eigenvalue weighted by Crippen LogP contribution is -2.61. The molecular weight excluding hydrogens is 457 g/mol. The number of aromatic amines is 1. The molecule has 0 atom stereocenters. The first-order valence-electron chi connectivity index (χ1n) is 10.7. The summed E-state index contributed by atoms with van der Waals surface area (Å²) in [5, 5.41) is 0. The number of alkyl halides is 3. The van der Waals surface area contributed by atoms with Crippen LogP contribution in [0, 0.1) is 18.6 Å². The number of imidazole rings is 1. The minimum Gasteiger partial charge on any atom is -0.382 e. The highest BCUT2D eigenvalue weighted by Crippen LogP contribution is 2.47. The summed E-state index contributed by atoms with van der Waals surface area (Å²) in [5.41, 5.74) is -2.79. The third kappa shape index (κ3) is 2.80. The van der Waals surface area contributed by atoms with Crippen LogP contribution in [0.25, 0.3) is 22.3 Å². The van der Waals surface area contributed by atoms with E-state index < -0.39 is 40.1 Å². The van der Waals surface area contributed by atoms with Crippen molar-refractivity contribution >= 4 is 11.1 Å². The molecule has 0 bridgehead atoms. The van der Waals surface area contributed by atoms with Crippen molar-refractivity contribution in [2.24, 2.45) is 0 Å². The van der Waals surface area contributed by atoms with Crippen LogP contribution in [-0.2, 0) is 11.7 Å². The Morgan fingerprint density at radius 3 is 2.53 bits per heavy atom. The summed E-state index contributed by atoms with van der Waals surface area (Å²) < 4.78 is 80.1. The van der Waals surface area contributed by atoms with Gasteiger partial charge in [0.15, 0.2) is 12.0 Å². The Labute approximate surface area is 189 Å². The van der Waals surface area contributed by atoms with Crippen LogP contribution < -0.4 is 20.7 Å². The number of halogens is 5. The number of benzene rings is 1. The van der Waals surface area contributed by atoms with Gasteiger partial charge in [-0.3, -0.25) is 0 Å². The lowest BCUT2D eigenvalue weighted by molar-refractivity contribution is -0.741. The quantitative estimate of drug-likeness (QED) is 0.327. The van der Waals surface area contributed by atoms with Crippen molar-refractivity contribution in [1.29, 1.82) is 0 Å². The van der Waals surface area contributed by atoms with Crippen molar-refractivity contribution in [2.75, 3.05) is 0 Å². The third-order valence-corrected chi connectivity index (χ3v) is 6.75. The van der Waals surface area contributed by atoms with E-state index in [1.165, 1.54) is 16.9 Å². The zero-order valence-corrected chi connectivity index (χ0v) is 18.5. The van der Waals surface area contributed by atoms with Crippen LogP contribution in [0.3, 0.4) is 0 Å². The topological polar surface area (TPSA) is 52.6 Å². The Morgan fingerprint density at radius 1 is 1.18 bits per heavy atom. The van der Waals surface area contributed by atoms with Gasteiger partial charge in [-0.2, -0.15) is 22.1 Å². The highest BCUT2D eigenvalue weighted by atomic mass is 19.4. The molecule has 3 aromatic heterocycles. The Bertz CT molecular complexity index is 1580. The molecule has 5 rings (SSSR count). The van der Waals surface area contributed by atoms with Crippen LogP contribution in [0.2, 0.25) is 0 Å². The molecule has 176 valence electrons. The van der Waals surface area contributed by atoms with E-state index >= 15 is 4.39 Å². The smallest absolute Gasteiger partial charge is 0.382 e. The summed E-state index contributed by atoms with van der Waals surface area (Å²) in [6, 6.07) is 4.05. The number of fused-ring (bicyclic) bond motifs is 4. The Kier molecular flexibility index (Phi) is 4.72. The molecule has 0 saturated heterocycles. The van der Waals surface area contributed by atoms with E-state index in [9.17, 15) is 22.4 Å². The second kappa shape index (κ2) is 7.22. The zero-order chi connectivity index (χ0) is 24.6. The molecule has 0 saturated carbocycles. The minimum absolute atomic E-state index is 0.00323. The number of oxazole rings is 1. The van der Waals surface area contributed by atoms with Crippen LogP contribution in [0.5, 0.6) is 0 Å². The number of pyridine rings is 1. The van der Waals surface area contributed by atoms with E-state index in [2.05, 4.69) is 4.98 Å². The zero-order valence-electron chi connectivity index (χ0n) is 18.5. The fraction of sp³-hybridized carbons (Fsp3) is 0.292. The molecular formula is C24H20F5N3O2+2. The van der Waals surface area contributed by atoms with Gasteiger partial charge in [0.05, 0.1) is 5.56 Å². The second-order valence-electron chi connectivity index (χ2n) is 8.43. The van der Waals surface area contributed by atoms with E-state index in [0.29, 0.717) is 24.5 Å². The van der Waals surface area contributed by atoms with E-state index in [4.69, 9.17) is 4.42 Å². The number of hydrogen-bond acceptors (Lipinski definition) is 2. The van der Waals surface area contributed by atoms with Crippen LogP contribution in [0.1, 0.15) is 43.4 Å². The average Bonchev–Trinajstić information content (AvgIpc) is 3.35. The van der Waals surface area contributed by atoms with Crippen molar-refractivity contribution in [1.82, 2.24) is 4.40 Å². The van der Waals surface area contributed by atoms with E-state index in [1.54, 1.807) is 29.8 Å². The van der Waals surface area contributed by atoms with E-state index in [0.717, 1.165) is 0 Å². The van der Waals surface area contributed by atoms with Crippen molar-refractivity contribution in [3.63, 3.8) is 0 Å². The molecule has 4 heterocycles. The number of nitrogens with zero attached hydrogens (tertiary/aromatic N) is 2. The first kappa shape index (κ1) is 22.2. The van der Waals surface area contributed by atoms with E-state index in [-0.39, 0.29) is 27.9 Å². The molecule has 4 aromatic rings. The maximum atomic E-state index is 15.6. The summed E-state index contributed by atoms with van der Waals surface area (Å²) in [7, 11) is 0. The van der Waals surface area contributed by atoms with Crippen molar-refractivity contribution in [3.8, 4) is 11.3 Å². The number of aromatic nitrogens is 3. The lowest BCUT2D eigenvalue weighted by Gasteiger charge is -2.34. The predicted molar refractivity (Wildman–Crippen MR) is 111 cm³/mol. The van der Waals surface area contributed by atoms with Gasteiger partial charge in [0.2, 0.25) is 17.6 Å². The molecule has 1 aromatic carbocycles. The number of rotatable bonds is 2. The van der Waals surface area contributed by atoms with Crippen LogP contribution in [0.15, 0.2) is 46.1 Å². The summed E-state index contributed by atoms with van der Waals surface area (Å²) in [6.45, 7) is 5.46. The van der Waals surface area contributed by atoms with Gasteiger partial charge in [-0.15, -0.1) is 0 Å². The first-order chi connectivity index (χ1) is 16.0. The molecule has 0 spiro atoms. The van der Waals surface area contributed by atoms with Gasteiger partial charge in [-0.25, -0.2) is 18.6 Å². The Morgan fingerprint density at radius 2 is 1.88 bits per heavy atom. The van der Waals surface area contributed by atoms with Crippen LogP contribution in [-0.4, -0.2) is 4.40 Å². The molecule has 1 aliphatic rings. The molecule has 34 heavy (non-hydrogen) atoms. The summed E-state index contributed by atoms with van der Waals surface area (Å²) in [6.07, 6.45) is 0.117. The highest BCUT2D eigenvalue weighted by molar-refractivity contribution is 5.84. The minimum atomic E-state index is -5.24. The van der Waals surface area contributed by atoms with Crippen molar-refractivity contribution < 1.29 is 35.9 Å². The molecule has 0 fully saturated rings. The van der Waals surface area contributed by atoms with Crippen LogP contribution in [0.4, 0.5) is 22.0 Å². The average molecular weight is 477 g/mol. The van der Waals surface area contributed by atoms with E-state index in [1.807, 2.05) is 13.8 Å².